The molecule has 0 amide bonds. The number of methoxy groups -OCH3 is 2. The Morgan fingerprint density at radius 2 is 2.16 bits per heavy atom. The Morgan fingerprint density at radius 1 is 1.42 bits per heavy atom. The Labute approximate surface area is 116 Å². The van der Waals surface area contributed by atoms with E-state index in [0.717, 1.165) is 5.69 Å². The van der Waals surface area contributed by atoms with Gasteiger partial charge in [-0.1, -0.05) is 6.92 Å². The lowest BCUT2D eigenvalue weighted by molar-refractivity contribution is -0.147. The lowest BCUT2D eigenvalue weighted by Crippen LogP contribution is -2.26. The van der Waals surface area contributed by atoms with Crippen LogP contribution >= 0.6 is 11.3 Å². The highest BCUT2D eigenvalue weighted by molar-refractivity contribution is 7.07. The topological polar surface area (TPSA) is 65.5 Å². The molecule has 106 valence electrons. The number of hydrogen-bond acceptors (Lipinski definition) is 6. The molecule has 1 rings (SSSR count). The maximum absolute atomic E-state index is 12.0. The van der Waals surface area contributed by atoms with Gasteiger partial charge in [-0.05, 0) is 0 Å². The number of hydrogen-bond donors (Lipinski definition) is 0. The molecule has 0 aromatic carbocycles. The largest absolute Gasteiger partial charge is 0.469 e. The molecule has 1 aromatic heterocycles. The quantitative estimate of drug-likeness (QED) is 0.680. The van der Waals surface area contributed by atoms with Crippen molar-refractivity contribution in [3.63, 3.8) is 0 Å². The van der Waals surface area contributed by atoms with Crippen LogP contribution in [0.2, 0.25) is 0 Å². The average molecular weight is 285 g/mol. The smallest absolute Gasteiger partial charge is 0.309 e. The summed E-state index contributed by atoms with van der Waals surface area (Å²) in [7, 11) is 2.89. The summed E-state index contributed by atoms with van der Waals surface area (Å²) in [5, 5.41) is 1.87. The van der Waals surface area contributed by atoms with Crippen LogP contribution in [0.4, 0.5) is 0 Å². The van der Waals surface area contributed by atoms with Crippen molar-refractivity contribution in [1.29, 1.82) is 0 Å². The third-order valence-corrected chi connectivity index (χ3v) is 3.52. The number of thiazole rings is 1. The van der Waals surface area contributed by atoms with Crippen molar-refractivity contribution in [3.05, 3.63) is 16.6 Å². The van der Waals surface area contributed by atoms with Crippen molar-refractivity contribution >= 4 is 23.1 Å². The molecule has 19 heavy (non-hydrogen) atoms. The van der Waals surface area contributed by atoms with Crippen LogP contribution in [-0.2, 0) is 25.5 Å². The van der Waals surface area contributed by atoms with E-state index in [2.05, 4.69) is 4.98 Å². The first-order valence-electron chi connectivity index (χ1n) is 6.05. The molecule has 6 heteroatoms. The fraction of sp³-hybridized carbons (Fsp3) is 0.615. The third-order valence-electron chi connectivity index (χ3n) is 2.89. The number of Topliss-reactive ketones (excluding diaryl/α,β-unsaturated/α-hetero) is 1. The van der Waals surface area contributed by atoms with E-state index in [4.69, 9.17) is 9.47 Å². The van der Waals surface area contributed by atoms with Crippen LogP contribution < -0.4 is 0 Å². The Bertz CT molecular complexity index is 405. The van der Waals surface area contributed by atoms with Gasteiger partial charge in [-0.2, -0.15) is 0 Å². The van der Waals surface area contributed by atoms with Crippen molar-refractivity contribution in [1.82, 2.24) is 4.98 Å². The van der Waals surface area contributed by atoms with Crippen LogP contribution in [0.3, 0.4) is 0 Å². The molecule has 0 radical (unpaired) electrons. The lowest BCUT2D eigenvalue weighted by atomic mass is 9.92. The maximum Gasteiger partial charge on any atom is 0.309 e. The SMILES string of the molecule is COC[C@H](C)C(=O)CC(Cc1cscn1)C(=O)OC. The van der Waals surface area contributed by atoms with E-state index in [9.17, 15) is 9.59 Å². The van der Waals surface area contributed by atoms with E-state index in [-0.39, 0.29) is 24.1 Å². The summed E-state index contributed by atoms with van der Waals surface area (Å²) in [6, 6.07) is 0. The second-order valence-corrected chi connectivity index (χ2v) is 5.15. The lowest BCUT2D eigenvalue weighted by Gasteiger charge is -2.15. The number of aromatic nitrogens is 1. The molecule has 0 bridgehead atoms. The zero-order valence-electron chi connectivity index (χ0n) is 11.4. The van der Waals surface area contributed by atoms with E-state index in [1.807, 2.05) is 5.38 Å². The van der Waals surface area contributed by atoms with Gasteiger partial charge in [0.05, 0.1) is 30.8 Å². The Morgan fingerprint density at radius 3 is 2.68 bits per heavy atom. The maximum atomic E-state index is 12.0. The van der Waals surface area contributed by atoms with Gasteiger partial charge in [0, 0.05) is 31.2 Å². The van der Waals surface area contributed by atoms with Crippen LogP contribution in [0.5, 0.6) is 0 Å². The molecule has 5 nitrogen and oxygen atoms in total. The number of esters is 1. The standard InChI is InChI=1S/C13H19NO4S/c1-9(6-17-2)12(15)5-10(13(16)18-3)4-11-7-19-8-14-11/h7-10H,4-6H2,1-3H3/t9-,10?/m0/s1. The van der Waals surface area contributed by atoms with Crippen LogP contribution in [0.1, 0.15) is 19.0 Å². The van der Waals surface area contributed by atoms with E-state index < -0.39 is 5.92 Å². The van der Waals surface area contributed by atoms with Crippen molar-refractivity contribution in [2.45, 2.75) is 19.8 Å². The molecule has 0 fully saturated rings. The Kier molecular flexibility index (Phi) is 6.66. The van der Waals surface area contributed by atoms with E-state index in [0.29, 0.717) is 13.0 Å². The molecule has 0 saturated heterocycles. The normalized spacial score (nSPS) is 13.8. The third kappa shape index (κ3) is 5.08. The Balaban J connectivity index is 2.64. The highest BCUT2D eigenvalue weighted by Gasteiger charge is 2.26. The molecule has 1 unspecified atom stereocenters. The molecule has 0 aliphatic carbocycles. The van der Waals surface area contributed by atoms with Gasteiger partial charge in [-0.15, -0.1) is 11.3 Å². The van der Waals surface area contributed by atoms with Gasteiger partial charge in [-0.3, -0.25) is 9.59 Å². The zero-order chi connectivity index (χ0) is 14.3. The molecule has 0 aliphatic rings. The predicted octanol–water partition coefficient (Wildman–Crippen LogP) is 1.72. The first-order valence-corrected chi connectivity index (χ1v) is 6.99. The van der Waals surface area contributed by atoms with Crippen LogP contribution in [0.15, 0.2) is 10.9 Å². The number of carbonyl (C=O) groups excluding carboxylic acids is 2. The van der Waals surface area contributed by atoms with Gasteiger partial charge < -0.3 is 9.47 Å². The first-order chi connectivity index (χ1) is 9.08. The molecular weight excluding hydrogens is 266 g/mol. The average Bonchev–Trinajstić information content (AvgIpc) is 2.90. The predicted molar refractivity (Wildman–Crippen MR) is 72.0 cm³/mol. The van der Waals surface area contributed by atoms with Gasteiger partial charge in [0.1, 0.15) is 5.78 Å². The number of carbonyl (C=O) groups is 2. The molecule has 1 heterocycles. The fourth-order valence-electron chi connectivity index (χ4n) is 1.78. The monoisotopic (exact) mass is 285 g/mol. The molecule has 0 N–H and O–H groups in total. The van der Waals surface area contributed by atoms with E-state index in [1.54, 1.807) is 19.5 Å². The second kappa shape index (κ2) is 8.01. The van der Waals surface area contributed by atoms with Gasteiger partial charge in [0.2, 0.25) is 0 Å². The first kappa shape index (κ1) is 15.8. The highest BCUT2D eigenvalue weighted by atomic mass is 32.1. The number of rotatable bonds is 8. The minimum atomic E-state index is -0.473. The van der Waals surface area contributed by atoms with Crippen molar-refractivity contribution in [3.8, 4) is 0 Å². The van der Waals surface area contributed by atoms with Gasteiger partial charge in [-0.25, -0.2) is 4.98 Å². The molecule has 2 atom stereocenters. The van der Waals surface area contributed by atoms with E-state index >= 15 is 0 Å². The molecular formula is C13H19NO4S. The summed E-state index contributed by atoms with van der Waals surface area (Å²) in [4.78, 5) is 27.8. The van der Waals surface area contributed by atoms with Crippen LogP contribution in [0, 0.1) is 11.8 Å². The minimum absolute atomic E-state index is 0.00693. The molecule has 0 saturated carbocycles. The number of ketones is 1. The van der Waals surface area contributed by atoms with Gasteiger partial charge >= 0.3 is 5.97 Å². The van der Waals surface area contributed by atoms with Crippen molar-refractivity contribution < 1.29 is 19.1 Å². The number of nitrogens with zero attached hydrogens (tertiary/aromatic N) is 1. The van der Waals surface area contributed by atoms with Crippen LogP contribution in [0.25, 0.3) is 0 Å². The number of ether oxygens (including phenoxy) is 2. The van der Waals surface area contributed by atoms with E-state index in [1.165, 1.54) is 18.4 Å². The molecule has 0 spiro atoms. The summed E-state index contributed by atoms with van der Waals surface area (Å²) < 4.78 is 9.71. The van der Waals surface area contributed by atoms with Crippen LogP contribution in [-0.4, -0.2) is 37.6 Å². The summed E-state index contributed by atoms with van der Waals surface area (Å²) in [5.74, 6) is -1.05. The summed E-state index contributed by atoms with van der Waals surface area (Å²) in [6.07, 6.45) is 0.594. The fourth-order valence-corrected chi connectivity index (χ4v) is 2.35. The molecule has 1 aromatic rings. The van der Waals surface area contributed by atoms with Gasteiger partial charge in [0.25, 0.3) is 0 Å². The summed E-state index contributed by atoms with van der Waals surface area (Å²) in [6.45, 7) is 2.16. The summed E-state index contributed by atoms with van der Waals surface area (Å²) >= 11 is 1.47. The van der Waals surface area contributed by atoms with Gasteiger partial charge in [0.15, 0.2) is 0 Å². The van der Waals surface area contributed by atoms with Crippen molar-refractivity contribution in [2.75, 3.05) is 20.8 Å². The Hall–Kier alpha value is -1.27. The minimum Gasteiger partial charge on any atom is -0.469 e. The highest BCUT2D eigenvalue weighted by Crippen LogP contribution is 2.17. The zero-order valence-corrected chi connectivity index (χ0v) is 12.2. The molecule has 0 aliphatic heterocycles. The summed E-state index contributed by atoms with van der Waals surface area (Å²) in [5.41, 5.74) is 2.52. The van der Waals surface area contributed by atoms with Crippen molar-refractivity contribution in [2.24, 2.45) is 11.8 Å². The second-order valence-electron chi connectivity index (χ2n) is 4.43.